The molecule has 140 valence electrons. The number of esters is 1. The highest BCUT2D eigenvalue weighted by Gasteiger charge is 2.38. The van der Waals surface area contributed by atoms with E-state index in [2.05, 4.69) is 5.32 Å². The summed E-state index contributed by atoms with van der Waals surface area (Å²) in [6.45, 7) is 8.08. The number of carbonyl (C=O) groups excluding carboxylic acids is 2. The quantitative estimate of drug-likeness (QED) is 0.461. The molecule has 0 heterocycles. The first-order valence-corrected chi connectivity index (χ1v) is 8.01. The molecule has 0 aliphatic rings. The number of rotatable bonds is 10. The molecule has 0 fully saturated rings. The summed E-state index contributed by atoms with van der Waals surface area (Å²) in [6.07, 6.45) is -1.09. The average molecular weight is 347 g/mol. The first-order valence-electron chi connectivity index (χ1n) is 8.01. The van der Waals surface area contributed by atoms with Crippen molar-refractivity contribution in [2.75, 3.05) is 7.11 Å². The number of carboxylic acids is 1. The Morgan fingerprint density at radius 3 is 2.08 bits per heavy atom. The number of amides is 1. The zero-order chi connectivity index (χ0) is 18.9. The summed E-state index contributed by atoms with van der Waals surface area (Å²) in [6, 6.07) is 0. The average Bonchev–Trinajstić information content (AvgIpc) is 2.50. The van der Waals surface area contributed by atoms with Gasteiger partial charge in [0.25, 0.3) is 6.29 Å². The normalized spacial score (nSPS) is 16.0. The third kappa shape index (κ3) is 7.16. The van der Waals surface area contributed by atoms with Gasteiger partial charge in [-0.05, 0) is 26.2 Å². The fourth-order valence-corrected chi connectivity index (χ4v) is 2.20. The summed E-state index contributed by atoms with van der Waals surface area (Å²) in [4.78, 5) is 34.8. The van der Waals surface area contributed by atoms with E-state index in [1.165, 1.54) is 21.0 Å². The Kier molecular flexibility index (Phi) is 9.35. The molecular weight excluding hydrogens is 318 g/mol. The number of carboxylic acid groups (broad SMARTS) is 1. The van der Waals surface area contributed by atoms with Gasteiger partial charge in [-0.1, -0.05) is 26.7 Å². The van der Waals surface area contributed by atoms with Crippen molar-refractivity contribution in [3.05, 3.63) is 0 Å². The van der Waals surface area contributed by atoms with E-state index in [0.29, 0.717) is 0 Å². The molecule has 0 aromatic rings. The van der Waals surface area contributed by atoms with Gasteiger partial charge in [0, 0.05) is 14.0 Å². The number of nitrogens with one attached hydrogen (secondary N) is 1. The molecule has 8 nitrogen and oxygen atoms in total. The lowest BCUT2D eigenvalue weighted by molar-refractivity contribution is -0.186. The van der Waals surface area contributed by atoms with Crippen LogP contribution in [0.1, 0.15) is 53.9 Å². The monoisotopic (exact) mass is 347 g/mol. The Morgan fingerprint density at radius 2 is 1.71 bits per heavy atom. The van der Waals surface area contributed by atoms with E-state index in [-0.39, 0.29) is 12.3 Å². The van der Waals surface area contributed by atoms with Gasteiger partial charge in [-0.3, -0.25) is 4.79 Å². The molecule has 0 bridgehead atoms. The zero-order valence-electron chi connectivity index (χ0n) is 15.3. The molecular formula is C16H29NO7. The van der Waals surface area contributed by atoms with Crippen LogP contribution in [-0.2, 0) is 23.8 Å². The van der Waals surface area contributed by atoms with Crippen LogP contribution in [0.5, 0.6) is 0 Å². The van der Waals surface area contributed by atoms with Gasteiger partial charge in [-0.25, -0.2) is 9.59 Å². The second-order valence-corrected chi connectivity index (χ2v) is 5.97. The van der Waals surface area contributed by atoms with Gasteiger partial charge >= 0.3 is 18.0 Å². The molecule has 24 heavy (non-hydrogen) atoms. The number of aliphatic carboxylic acids is 1. The number of hydrogen-bond donors (Lipinski definition) is 2. The molecule has 3 atom stereocenters. The summed E-state index contributed by atoms with van der Waals surface area (Å²) in [5, 5.41) is 11.8. The third-order valence-corrected chi connectivity index (χ3v) is 3.96. The van der Waals surface area contributed by atoms with Crippen LogP contribution in [0.3, 0.4) is 0 Å². The van der Waals surface area contributed by atoms with E-state index in [1.54, 1.807) is 6.92 Å². The highest BCUT2D eigenvalue weighted by Crippen LogP contribution is 2.23. The van der Waals surface area contributed by atoms with Gasteiger partial charge in [0.05, 0.1) is 0 Å². The van der Waals surface area contributed by atoms with E-state index in [0.717, 1.165) is 12.8 Å². The van der Waals surface area contributed by atoms with Crippen LogP contribution in [0.25, 0.3) is 0 Å². The Hall–Kier alpha value is -1.83. The van der Waals surface area contributed by atoms with Crippen molar-refractivity contribution in [2.45, 2.75) is 71.8 Å². The van der Waals surface area contributed by atoms with Crippen LogP contribution < -0.4 is 5.32 Å². The van der Waals surface area contributed by atoms with Crippen molar-refractivity contribution in [1.82, 2.24) is 5.32 Å². The molecule has 0 radical (unpaired) electrons. The number of hydrogen-bond acceptors (Lipinski definition) is 6. The summed E-state index contributed by atoms with van der Waals surface area (Å²) in [5.74, 6) is -1.65. The highest BCUT2D eigenvalue weighted by atomic mass is 16.7. The predicted molar refractivity (Wildman–Crippen MR) is 86.4 cm³/mol. The first kappa shape index (κ1) is 22.2. The highest BCUT2D eigenvalue weighted by molar-refractivity contribution is 5.84. The van der Waals surface area contributed by atoms with E-state index in [1.807, 2.05) is 13.8 Å². The molecule has 8 heteroatoms. The first-order chi connectivity index (χ1) is 11.1. The van der Waals surface area contributed by atoms with Crippen molar-refractivity contribution < 1.29 is 33.7 Å². The summed E-state index contributed by atoms with van der Waals surface area (Å²) in [7, 11) is 1.37. The fraction of sp³-hybridized carbons (Fsp3) is 0.812. The van der Waals surface area contributed by atoms with Crippen LogP contribution in [0.15, 0.2) is 0 Å². The van der Waals surface area contributed by atoms with Gasteiger partial charge in [-0.2, -0.15) is 0 Å². The van der Waals surface area contributed by atoms with E-state index < -0.39 is 36.0 Å². The van der Waals surface area contributed by atoms with Gasteiger partial charge in [-0.15, -0.1) is 0 Å². The number of alkyl carbamates (subject to hydrolysis) is 1. The second kappa shape index (κ2) is 10.1. The van der Waals surface area contributed by atoms with Crippen LogP contribution in [0.2, 0.25) is 0 Å². The maximum absolute atomic E-state index is 12.1. The van der Waals surface area contributed by atoms with Crippen molar-refractivity contribution in [3.63, 3.8) is 0 Å². The van der Waals surface area contributed by atoms with Crippen LogP contribution in [0.4, 0.5) is 4.79 Å². The molecule has 1 unspecified atom stereocenters. The molecule has 1 amide bonds. The van der Waals surface area contributed by atoms with Crippen molar-refractivity contribution in [1.29, 1.82) is 0 Å². The summed E-state index contributed by atoms with van der Waals surface area (Å²) in [5.41, 5.74) is -1.48. The maximum atomic E-state index is 12.1. The molecule has 0 saturated heterocycles. The molecule has 0 aliphatic heterocycles. The second-order valence-electron chi connectivity index (χ2n) is 5.97. The number of ether oxygens (including phenoxy) is 3. The molecule has 0 rings (SSSR count). The number of carbonyl (C=O) groups is 3. The lowest BCUT2D eigenvalue weighted by Crippen LogP contribution is -2.54. The Balaban J connectivity index is 5.04. The molecule has 0 spiro atoms. The topological polar surface area (TPSA) is 111 Å². The number of methoxy groups -OCH3 is 1. The van der Waals surface area contributed by atoms with Gasteiger partial charge in [0.2, 0.25) is 0 Å². The van der Waals surface area contributed by atoms with Crippen LogP contribution in [0, 0.1) is 5.92 Å². The lowest BCUT2D eigenvalue weighted by atomic mass is 9.86. The van der Waals surface area contributed by atoms with Crippen LogP contribution >= 0.6 is 0 Å². The fourth-order valence-electron chi connectivity index (χ4n) is 2.20. The standard InChI is InChI=1S/C16H29NO7/c1-7-12(8-2)9-16(5,14(19)20)17-15(21)24-13(10(3)22-6)23-11(4)18/h10,12-13H,7-9H2,1-6H3,(H,17,21)(H,19,20)/t10?,13-,16+/m1/s1. The van der Waals surface area contributed by atoms with Gasteiger partial charge in [0.15, 0.2) is 0 Å². The smallest absolute Gasteiger partial charge is 0.411 e. The maximum Gasteiger partial charge on any atom is 0.411 e. The van der Waals surface area contributed by atoms with Crippen molar-refractivity contribution >= 4 is 18.0 Å². The Labute approximate surface area is 142 Å². The minimum absolute atomic E-state index is 0.147. The molecule has 2 N–H and O–H groups in total. The van der Waals surface area contributed by atoms with Crippen LogP contribution in [-0.4, -0.2) is 48.2 Å². The Bertz CT molecular complexity index is 436. The largest absolute Gasteiger partial charge is 0.480 e. The predicted octanol–water partition coefficient (Wildman–Crippen LogP) is 2.31. The van der Waals surface area contributed by atoms with Gasteiger partial charge in [0.1, 0.15) is 11.6 Å². The van der Waals surface area contributed by atoms with E-state index >= 15 is 0 Å². The van der Waals surface area contributed by atoms with Crippen molar-refractivity contribution in [3.8, 4) is 0 Å². The molecule has 0 aromatic heterocycles. The molecule has 0 saturated carbocycles. The van der Waals surface area contributed by atoms with E-state index in [9.17, 15) is 19.5 Å². The van der Waals surface area contributed by atoms with Gasteiger partial charge < -0.3 is 24.6 Å². The lowest BCUT2D eigenvalue weighted by Gasteiger charge is -2.30. The minimum Gasteiger partial charge on any atom is -0.480 e. The minimum atomic E-state index is -1.48. The third-order valence-electron chi connectivity index (χ3n) is 3.96. The molecule has 0 aromatic carbocycles. The SMILES string of the molecule is CCC(CC)C[C@](C)(NC(=O)O[C@@H](OC(C)=O)C(C)OC)C(=O)O. The summed E-state index contributed by atoms with van der Waals surface area (Å²) >= 11 is 0. The van der Waals surface area contributed by atoms with E-state index in [4.69, 9.17) is 14.2 Å². The summed E-state index contributed by atoms with van der Waals surface area (Å²) < 4.78 is 14.9. The molecule has 0 aliphatic carbocycles. The van der Waals surface area contributed by atoms with Crippen molar-refractivity contribution in [2.24, 2.45) is 5.92 Å². The Morgan fingerprint density at radius 1 is 1.17 bits per heavy atom. The zero-order valence-corrected chi connectivity index (χ0v) is 15.3.